The maximum absolute atomic E-state index is 11.8. The fourth-order valence-electron chi connectivity index (χ4n) is 3.20. The number of benzene rings is 1. The molecule has 1 aliphatic heterocycles. The summed E-state index contributed by atoms with van der Waals surface area (Å²) in [5.74, 6) is 1.12. The first-order chi connectivity index (χ1) is 10.1. The minimum absolute atomic E-state index is 0.0919. The minimum Gasteiger partial charge on any atom is -0.333 e. The fourth-order valence-corrected chi connectivity index (χ4v) is 3.20. The third kappa shape index (κ3) is 2.46. The van der Waals surface area contributed by atoms with E-state index in [4.69, 9.17) is 4.98 Å². The van der Waals surface area contributed by atoms with Crippen molar-refractivity contribution in [3.8, 4) is 0 Å². The van der Waals surface area contributed by atoms with Gasteiger partial charge in [0.25, 0.3) is 0 Å². The molecule has 1 aromatic carbocycles. The van der Waals surface area contributed by atoms with Crippen molar-refractivity contribution in [1.29, 1.82) is 0 Å². The first-order valence-electron chi connectivity index (χ1n) is 7.44. The molecule has 0 radical (unpaired) electrons. The summed E-state index contributed by atoms with van der Waals surface area (Å²) in [4.78, 5) is 18.6. The van der Waals surface area contributed by atoms with Gasteiger partial charge in [0.2, 0.25) is 5.91 Å². The Labute approximate surface area is 125 Å². The number of likely N-dealkylation sites (tertiary alicyclic amines) is 1. The maximum Gasteiger partial charge on any atom is 0.220 e. The number of fused-ring (bicyclic) bond motifs is 1. The molecule has 4 heteroatoms. The van der Waals surface area contributed by atoms with Gasteiger partial charge in [-0.3, -0.25) is 4.79 Å². The monoisotopic (exact) mass is 283 g/mol. The van der Waals surface area contributed by atoms with Crippen molar-refractivity contribution in [2.45, 2.75) is 39.3 Å². The van der Waals surface area contributed by atoms with E-state index in [1.54, 1.807) is 6.92 Å². The van der Waals surface area contributed by atoms with E-state index in [0.29, 0.717) is 0 Å². The van der Waals surface area contributed by atoms with E-state index in [0.717, 1.165) is 48.4 Å². The molecule has 1 unspecified atom stereocenters. The average Bonchev–Trinajstić information content (AvgIpc) is 3.03. The van der Waals surface area contributed by atoms with Crippen LogP contribution < -0.4 is 0 Å². The van der Waals surface area contributed by atoms with E-state index >= 15 is 0 Å². The molecule has 0 saturated carbocycles. The van der Waals surface area contributed by atoms with Crippen molar-refractivity contribution >= 4 is 16.9 Å². The molecule has 0 bridgehead atoms. The van der Waals surface area contributed by atoms with Gasteiger partial charge in [-0.25, -0.2) is 4.98 Å². The lowest BCUT2D eigenvalue weighted by molar-refractivity contribution is -0.129. The molecule has 1 fully saturated rings. The highest BCUT2D eigenvalue weighted by atomic mass is 16.2. The quantitative estimate of drug-likeness (QED) is 0.811. The molecule has 2 heterocycles. The number of carbonyl (C=O) groups excluding carboxylic acids is 1. The smallest absolute Gasteiger partial charge is 0.220 e. The van der Waals surface area contributed by atoms with Crippen LogP contribution in [0.4, 0.5) is 0 Å². The summed E-state index contributed by atoms with van der Waals surface area (Å²) in [5, 5.41) is 0. The van der Waals surface area contributed by atoms with Crippen molar-refractivity contribution in [2.75, 3.05) is 6.54 Å². The summed E-state index contributed by atoms with van der Waals surface area (Å²) in [6.45, 7) is 9.27. The maximum atomic E-state index is 11.8. The lowest BCUT2D eigenvalue weighted by atomic mass is 10.2. The second-order valence-electron chi connectivity index (χ2n) is 5.87. The van der Waals surface area contributed by atoms with Crippen molar-refractivity contribution in [3.63, 3.8) is 0 Å². The van der Waals surface area contributed by atoms with Crippen LogP contribution in [-0.2, 0) is 11.3 Å². The zero-order valence-corrected chi connectivity index (χ0v) is 12.7. The first-order valence-corrected chi connectivity index (χ1v) is 7.44. The number of imidazole rings is 1. The van der Waals surface area contributed by atoms with Gasteiger partial charge >= 0.3 is 0 Å². The molecule has 0 spiro atoms. The highest BCUT2D eigenvalue weighted by Gasteiger charge is 2.31. The molecule has 1 saturated heterocycles. The topological polar surface area (TPSA) is 38.1 Å². The third-order valence-electron chi connectivity index (χ3n) is 4.07. The number of para-hydroxylation sites is 2. The fraction of sp³-hybridized carbons (Fsp3) is 0.412. The van der Waals surface area contributed by atoms with Crippen molar-refractivity contribution < 1.29 is 4.79 Å². The van der Waals surface area contributed by atoms with Gasteiger partial charge in [0.15, 0.2) is 0 Å². The van der Waals surface area contributed by atoms with E-state index in [1.807, 2.05) is 30.0 Å². The number of aromatic nitrogens is 2. The second kappa shape index (κ2) is 5.35. The molecule has 0 aliphatic carbocycles. The summed E-state index contributed by atoms with van der Waals surface area (Å²) in [7, 11) is 0. The minimum atomic E-state index is 0.0919. The number of amides is 1. The Hall–Kier alpha value is -2.10. The summed E-state index contributed by atoms with van der Waals surface area (Å²) in [6.07, 6.45) is 2.03. The number of hydrogen-bond donors (Lipinski definition) is 0. The summed E-state index contributed by atoms with van der Waals surface area (Å²) in [5.41, 5.74) is 3.20. The van der Waals surface area contributed by atoms with Crippen LogP contribution in [-0.4, -0.2) is 26.9 Å². The molecule has 0 N–H and O–H groups in total. The average molecular weight is 283 g/mol. The van der Waals surface area contributed by atoms with E-state index < -0.39 is 0 Å². The Morgan fingerprint density at radius 3 is 2.86 bits per heavy atom. The van der Waals surface area contributed by atoms with E-state index in [-0.39, 0.29) is 11.9 Å². The Bertz CT molecular complexity index is 701. The number of nitrogens with zero attached hydrogens (tertiary/aromatic N) is 3. The Balaban J connectivity index is 2.12. The molecule has 4 nitrogen and oxygen atoms in total. The molecule has 110 valence electrons. The first kappa shape index (κ1) is 13.9. The molecule has 3 rings (SSSR count). The zero-order valence-electron chi connectivity index (χ0n) is 12.7. The molecule has 1 atom stereocenters. The predicted molar refractivity (Wildman–Crippen MR) is 83.9 cm³/mol. The van der Waals surface area contributed by atoms with Crippen LogP contribution >= 0.6 is 0 Å². The molecular formula is C17H21N3O. The van der Waals surface area contributed by atoms with Crippen molar-refractivity contribution in [1.82, 2.24) is 14.5 Å². The largest absolute Gasteiger partial charge is 0.333 e. The Morgan fingerprint density at radius 1 is 1.38 bits per heavy atom. The number of hydrogen-bond acceptors (Lipinski definition) is 2. The standard InChI is InChI=1S/C17H21N3O/c1-12(2)11-20-15-8-5-4-7-14(15)18-17(20)16-9-6-10-19(16)13(3)21/h4-5,7-8,16H,1,6,9-11H2,2-3H3. The van der Waals surface area contributed by atoms with Crippen molar-refractivity contribution in [3.05, 3.63) is 42.2 Å². The summed E-state index contributed by atoms with van der Waals surface area (Å²) < 4.78 is 2.21. The van der Waals surface area contributed by atoms with Crippen LogP contribution in [0.3, 0.4) is 0 Å². The van der Waals surface area contributed by atoms with Crippen LogP contribution in [0.1, 0.15) is 38.6 Å². The molecule has 1 aliphatic rings. The summed E-state index contributed by atoms with van der Waals surface area (Å²) >= 11 is 0. The lowest BCUT2D eigenvalue weighted by Gasteiger charge is -2.23. The van der Waals surface area contributed by atoms with Gasteiger partial charge in [0, 0.05) is 20.0 Å². The van der Waals surface area contributed by atoms with Gasteiger partial charge in [0.05, 0.1) is 17.1 Å². The highest BCUT2D eigenvalue weighted by Crippen LogP contribution is 2.33. The zero-order chi connectivity index (χ0) is 15.0. The molecular weight excluding hydrogens is 262 g/mol. The van der Waals surface area contributed by atoms with Gasteiger partial charge in [-0.15, -0.1) is 0 Å². The van der Waals surface area contributed by atoms with Crippen LogP contribution in [0, 0.1) is 0 Å². The van der Waals surface area contributed by atoms with Crippen LogP contribution in [0.25, 0.3) is 11.0 Å². The second-order valence-corrected chi connectivity index (χ2v) is 5.87. The Kier molecular flexibility index (Phi) is 3.53. The van der Waals surface area contributed by atoms with Gasteiger partial charge in [-0.05, 0) is 31.9 Å². The molecule has 2 aromatic rings. The van der Waals surface area contributed by atoms with E-state index in [2.05, 4.69) is 17.2 Å². The van der Waals surface area contributed by atoms with Crippen LogP contribution in [0.5, 0.6) is 0 Å². The van der Waals surface area contributed by atoms with Crippen LogP contribution in [0.15, 0.2) is 36.4 Å². The lowest BCUT2D eigenvalue weighted by Crippen LogP contribution is -2.30. The number of carbonyl (C=O) groups is 1. The Morgan fingerprint density at radius 2 is 2.14 bits per heavy atom. The normalized spacial score (nSPS) is 18.4. The summed E-state index contributed by atoms with van der Waals surface area (Å²) in [6, 6.07) is 8.24. The van der Waals surface area contributed by atoms with Gasteiger partial charge < -0.3 is 9.47 Å². The van der Waals surface area contributed by atoms with E-state index in [1.165, 1.54) is 0 Å². The molecule has 21 heavy (non-hydrogen) atoms. The predicted octanol–water partition coefficient (Wildman–Crippen LogP) is 3.30. The van der Waals surface area contributed by atoms with Crippen LogP contribution in [0.2, 0.25) is 0 Å². The van der Waals surface area contributed by atoms with Gasteiger partial charge in [-0.2, -0.15) is 0 Å². The molecule has 1 aromatic heterocycles. The third-order valence-corrected chi connectivity index (χ3v) is 4.07. The molecule has 1 amide bonds. The number of allylic oxidation sites excluding steroid dienone is 1. The van der Waals surface area contributed by atoms with E-state index in [9.17, 15) is 4.79 Å². The highest BCUT2D eigenvalue weighted by molar-refractivity contribution is 5.77. The van der Waals surface area contributed by atoms with Crippen molar-refractivity contribution in [2.24, 2.45) is 0 Å². The SMILES string of the molecule is C=C(C)Cn1c(C2CCCN2C(C)=O)nc2ccccc21. The van der Waals surface area contributed by atoms with Gasteiger partial charge in [0.1, 0.15) is 5.82 Å². The number of rotatable bonds is 3. The van der Waals surface area contributed by atoms with Gasteiger partial charge in [-0.1, -0.05) is 24.3 Å².